The fourth-order valence-electron chi connectivity index (χ4n) is 1.60. The van der Waals surface area contributed by atoms with E-state index in [2.05, 4.69) is 15.8 Å². The van der Waals surface area contributed by atoms with Crippen molar-refractivity contribution in [2.24, 2.45) is 5.10 Å². The first-order chi connectivity index (χ1) is 10.1. The molecule has 2 aromatic carbocycles. The van der Waals surface area contributed by atoms with E-state index in [1.54, 1.807) is 30.5 Å². The summed E-state index contributed by atoms with van der Waals surface area (Å²) in [5.41, 5.74) is 4.84. The van der Waals surface area contributed by atoms with Gasteiger partial charge in [0, 0.05) is 5.69 Å². The number of hydrogen-bond donors (Lipinski definition) is 4. The Morgan fingerprint density at radius 1 is 1.05 bits per heavy atom. The third kappa shape index (κ3) is 5.00. The summed E-state index contributed by atoms with van der Waals surface area (Å²) in [6, 6.07) is 16.2. The lowest BCUT2D eigenvalue weighted by Gasteiger charge is -2.06. The van der Waals surface area contributed by atoms with Crippen molar-refractivity contribution in [2.45, 2.75) is 0 Å². The van der Waals surface area contributed by atoms with Crippen LogP contribution in [-0.4, -0.2) is 28.5 Å². The van der Waals surface area contributed by atoms with E-state index in [9.17, 15) is 0 Å². The van der Waals surface area contributed by atoms with Gasteiger partial charge in [0.1, 0.15) is 0 Å². The molecule has 0 spiro atoms. The van der Waals surface area contributed by atoms with E-state index in [1.807, 2.05) is 30.3 Å². The first kappa shape index (κ1) is 15.2. The Hall–Kier alpha value is -2.22. The minimum Gasteiger partial charge on any atom is -0.423 e. The van der Waals surface area contributed by atoms with Crippen molar-refractivity contribution in [3.05, 3.63) is 60.2 Å². The standard InChI is InChI=1S/C14H14BN3O2S/c19-15(20)12-8-6-11(7-9-12)10-16-18-14(21)17-13-4-2-1-3-5-13/h1-10,19-20H,(H2,17,18,21)/b16-10-. The molecule has 4 N–H and O–H groups in total. The van der Waals surface area contributed by atoms with Crippen LogP contribution in [0.25, 0.3) is 0 Å². The van der Waals surface area contributed by atoms with Crippen LogP contribution in [0.4, 0.5) is 5.69 Å². The van der Waals surface area contributed by atoms with Crippen molar-refractivity contribution < 1.29 is 10.0 Å². The van der Waals surface area contributed by atoms with Gasteiger partial charge in [0.2, 0.25) is 0 Å². The molecule has 2 rings (SSSR count). The maximum atomic E-state index is 8.99. The van der Waals surface area contributed by atoms with Gasteiger partial charge in [0.25, 0.3) is 0 Å². The molecule has 0 aliphatic heterocycles. The van der Waals surface area contributed by atoms with Crippen LogP contribution in [0.5, 0.6) is 0 Å². The van der Waals surface area contributed by atoms with Gasteiger partial charge in [-0.15, -0.1) is 0 Å². The minimum atomic E-state index is -1.46. The number of hydrazone groups is 1. The van der Waals surface area contributed by atoms with Gasteiger partial charge in [-0.3, -0.25) is 5.43 Å². The van der Waals surface area contributed by atoms with Crippen LogP contribution in [-0.2, 0) is 0 Å². The van der Waals surface area contributed by atoms with Crippen molar-refractivity contribution >= 4 is 41.8 Å². The number of nitrogens with one attached hydrogen (secondary N) is 2. The molecule has 106 valence electrons. The topological polar surface area (TPSA) is 76.9 Å². The van der Waals surface area contributed by atoms with E-state index in [1.165, 1.54) is 0 Å². The van der Waals surface area contributed by atoms with E-state index in [4.69, 9.17) is 22.3 Å². The molecule has 0 atom stereocenters. The van der Waals surface area contributed by atoms with Crippen molar-refractivity contribution in [1.82, 2.24) is 5.43 Å². The molecule has 7 heteroatoms. The second-order valence-electron chi connectivity index (χ2n) is 4.23. The molecule has 2 aromatic rings. The quantitative estimate of drug-likeness (QED) is 0.289. The van der Waals surface area contributed by atoms with E-state index in [0.29, 0.717) is 10.6 Å². The van der Waals surface area contributed by atoms with Crippen LogP contribution in [0.1, 0.15) is 5.56 Å². The van der Waals surface area contributed by atoms with Gasteiger partial charge in [-0.25, -0.2) is 0 Å². The van der Waals surface area contributed by atoms with Crippen molar-refractivity contribution in [2.75, 3.05) is 5.32 Å². The Labute approximate surface area is 128 Å². The van der Waals surface area contributed by atoms with E-state index >= 15 is 0 Å². The number of hydrogen-bond acceptors (Lipinski definition) is 4. The molecule has 21 heavy (non-hydrogen) atoms. The molecule has 0 amide bonds. The highest BCUT2D eigenvalue weighted by Crippen LogP contribution is 2.04. The number of nitrogens with zero attached hydrogens (tertiary/aromatic N) is 1. The van der Waals surface area contributed by atoms with Gasteiger partial charge < -0.3 is 15.4 Å². The fraction of sp³-hybridized carbons (Fsp3) is 0. The SMILES string of the molecule is OB(O)c1ccc(/C=N\NC(=S)Nc2ccccc2)cc1. The molecule has 0 aromatic heterocycles. The summed E-state index contributed by atoms with van der Waals surface area (Å²) >= 11 is 5.10. The average molecular weight is 299 g/mol. The molecule has 0 radical (unpaired) electrons. The number of thiocarbonyl (C=S) groups is 1. The van der Waals surface area contributed by atoms with Crippen molar-refractivity contribution in [3.8, 4) is 0 Å². The van der Waals surface area contributed by atoms with Crippen LogP contribution in [0.15, 0.2) is 59.7 Å². The molecular formula is C14H14BN3O2S. The minimum absolute atomic E-state index is 0.389. The van der Waals surface area contributed by atoms with Gasteiger partial charge in [0.15, 0.2) is 5.11 Å². The smallest absolute Gasteiger partial charge is 0.423 e. The fourth-order valence-corrected chi connectivity index (χ4v) is 1.77. The molecule has 0 saturated heterocycles. The Morgan fingerprint density at radius 3 is 2.33 bits per heavy atom. The third-order valence-corrected chi connectivity index (χ3v) is 2.84. The monoisotopic (exact) mass is 299 g/mol. The van der Waals surface area contributed by atoms with Gasteiger partial charge in [-0.1, -0.05) is 42.5 Å². The lowest BCUT2D eigenvalue weighted by molar-refractivity contribution is 0.426. The van der Waals surface area contributed by atoms with Crippen LogP contribution < -0.4 is 16.2 Å². The summed E-state index contributed by atoms with van der Waals surface area (Å²) in [6.45, 7) is 0. The van der Waals surface area contributed by atoms with Crippen LogP contribution >= 0.6 is 12.2 Å². The predicted molar refractivity (Wildman–Crippen MR) is 89.7 cm³/mol. The first-order valence-electron chi connectivity index (χ1n) is 6.26. The second kappa shape index (κ2) is 7.54. The Balaban J connectivity index is 1.86. The molecular weight excluding hydrogens is 285 g/mol. The Kier molecular flexibility index (Phi) is 5.45. The number of anilines is 1. The zero-order valence-corrected chi connectivity index (χ0v) is 11.9. The normalized spacial score (nSPS) is 10.4. The van der Waals surface area contributed by atoms with Crippen molar-refractivity contribution in [1.29, 1.82) is 0 Å². The third-order valence-electron chi connectivity index (χ3n) is 2.65. The number of para-hydroxylation sites is 1. The summed E-state index contributed by atoms with van der Waals surface area (Å²) in [7, 11) is -1.46. The predicted octanol–water partition coefficient (Wildman–Crippen LogP) is 0.687. The summed E-state index contributed by atoms with van der Waals surface area (Å²) in [4.78, 5) is 0. The lowest BCUT2D eigenvalue weighted by atomic mass is 9.80. The summed E-state index contributed by atoms with van der Waals surface area (Å²) in [6.07, 6.45) is 1.59. The highest BCUT2D eigenvalue weighted by atomic mass is 32.1. The number of benzene rings is 2. The maximum Gasteiger partial charge on any atom is 0.488 e. The van der Waals surface area contributed by atoms with Crippen LogP contribution in [0, 0.1) is 0 Å². The molecule has 0 heterocycles. The molecule has 0 aliphatic rings. The van der Waals surface area contributed by atoms with E-state index < -0.39 is 7.12 Å². The van der Waals surface area contributed by atoms with E-state index in [-0.39, 0.29) is 0 Å². The van der Waals surface area contributed by atoms with Gasteiger partial charge in [-0.05, 0) is 35.4 Å². The zero-order valence-electron chi connectivity index (χ0n) is 11.1. The summed E-state index contributed by atoms with van der Waals surface area (Å²) < 4.78 is 0. The molecule has 0 fully saturated rings. The van der Waals surface area contributed by atoms with Gasteiger partial charge in [-0.2, -0.15) is 5.10 Å². The molecule has 0 saturated carbocycles. The van der Waals surface area contributed by atoms with Gasteiger partial charge in [0.05, 0.1) is 6.21 Å². The largest absolute Gasteiger partial charge is 0.488 e. The highest BCUT2D eigenvalue weighted by Gasteiger charge is 2.08. The molecule has 0 aliphatic carbocycles. The van der Waals surface area contributed by atoms with Gasteiger partial charge >= 0.3 is 7.12 Å². The summed E-state index contributed by atoms with van der Waals surface area (Å²) in [5.74, 6) is 0. The summed E-state index contributed by atoms with van der Waals surface area (Å²) in [5, 5.41) is 25.4. The Morgan fingerprint density at radius 2 is 1.71 bits per heavy atom. The maximum absolute atomic E-state index is 8.99. The first-order valence-corrected chi connectivity index (χ1v) is 6.67. The molecule has 0 bridgehead atoms. The second-order valence-corrected chi connectivity index (χ2v) is 4.64. The van der Waals surface area contributed by atoms with Crippen LogP contribution in [0.3, 0.4) is 0 Å². The van der Waals surface area contributed by atoms with Crippen molar-refractivity contribution in [3.63, 3.8) is 0 Å². The number of rotatable bonds is 4. The molecule has 5 nitrogen and oxygen atoms in total. The highest BCUT2D eigenvalue weighted by molar-refractivity contribution is 7.80. The van der Waals surface area contributed by atoms with Crippen LogP contribution in [0.2, 0.25) is 0 Å². The van der Waals surface area contributed by atoms with E-state index in [0.717, 1.165) is 11.3 Å². The zero-order chi connectivity index (χ0) is 15.1. The Bertz CT molecular complexity index is 618. The average Bonchev–Trinajstić information content (AvgIpc) is 2.49. The lowest BCUT2D eigenvalue weighted by Crippen LogP contribution is -2.29. The molecule has 0 unspecified atom stereocenters.